The van der Waals surface area contributed by atoms with Crippen molar-refractivity contribution in [3.05, 3.63) is 35.4 Å². The van der Waals surface area contributed by atoms with E-state index in [1.807, 2.05) is 6.07 Å². The van der Waals surface area contributed by atoms with Crippen LogP contribution in [-0.4, -0.2) is 45.4 Å². The third-order valence-electron chi connectivity index (χ3n) is 15.1. The molecule has 5 aliphatic carbocycles. The van der Waals surface area contributed by atoms with E-state index in [4.69, 9.17) is 4.74 Å². The summed E-state index contributed by atoms with van der Waals surface area (Å²) in [6, 6.07) is 1.93. The van der Waals surface area contributed by atoms with Gasteiger partial charge in [-0.05, 0) is 142 Å². The number of ketones is 1. The van der Waals surface area contributed by atoms with Crippen molar-refractivity contribution < 1.29 is 24.2 Å². The number of hydrogen-bond donors (Lipinski definition) is 2. The van der Waals surface area contributed by atoms with Crippen LogP contribution in [-0.2, 0) is 25.7 Å². The van der Waals surface area contributed by atoms with Gasteiger partial charge >= 0.3 is 11.9 Å². The van der Waals surface area contributed by atoms with Crippen LogP contribution in [0.25, 0.3) is 0 Å². The van der Waals surface area contributed by atoms with Gasteiger partial charge in [-0.2, -0.15) is 0 Å². The van der Waals surface area contributed by atoms with Crippen molar-refractivity contribution in [2.45, 2.75) is 132 Å². The first-order valence-corrected chi connectivity index (χ1v) is 19.2. The Balaban J connectivity index is 1.18. The quantitative estimate of drug-likeness (QED) is 0.190. The summed E-state index contributed by atoms with van der Waals surface area (Å²) in [7, 11) is 0. The van der Waals surface area contributed by atoms with Crippen LogP contribution in [0.4, 0.5) is 0 Å². The maximum absolute atomic E-state index is 14.2. The second-order valence-electron chi connectivity index (χ2n) is 18.3. The lowest BCUT2D eigenvalue weighted by atomic mass is 9.34. The third-order valence-corrected chi connectivity index (χ3v) is 15.1. The summed E-state index contributed by atoms with van der Waals surface area (Å²) in [5.41, 5.74) is 3.02. The largest absolute Gasteiger partial charge is 0.481 e. The number of fused-ring (bicyclic) bond motifs is 7. The van der Waals surface area contributed by atoms with Crippen LogP contribution in [0, 0.1) is 63.1 Å². The Hall–Kier alpha value is -2.61. The number of aliphatic carboxylic acids is 1. The number of esters is 1. The third kappa shape index (κ3) is 6.00. The van der Waals surface area contributed by atoms with E-state index >= 15 is 0 Å². The Kier molecular flexibility index (Phi) is 9.73. The number of allylic oxidation sites excluding steroid dienone is 2. The summed E-state index contributed by atoms with van der Waals surface area (Å²) < 4.78 is 6.06. The molecule has 1 aromatic heterocycles. The number of nitrogens with one attached hydrogen (secondary N) is 1. The van der Waals surface area contributed by atoms with Gasteiger partial charge in [-0.15, -0.1) is 0 Å². The molecule has 0 radical (unpaired) electrons. The first-order valence-electron chi connectivity index (χ1n) is 19.2. The van der Waals surface area contributed by atoms with E-state index in [1.54, 1.807) is 26.4 Å². The molecule has 6 rings (SSSR count). The van der Waals surface area contributed by atoms with E-state index in [-0.39, 0.29) is 46.5 Å². The summed E-state index contributed by atoms with van der Waals surface area (Å²) >= 11 is 0. The highest BCUT2D eigenvalue weighted by atomic mass is 16.5. The number of aromatic nitrogens is 2. The highest BCUT2D eigenvalue weighted by molar-refractivity contribution is 6.01. The summed E-state index contributed by atoms with van der Waals surface area (Å²) in [6.07, 6.45) is 12.8. The zero-order valence-corrected chi connectivity index (χ0v) is 31.3. The number of nitrogens with zero attached hydrogens (tertiary/aromatic N) is 2. The first kappa shape index (κ1) is 36.2. The molecule has 2 N–H and O–H groups in total. The molecule has 0 bridgehead atoms. The molecule has 1 aromatic rings. The smallest absolute Gasteiger partial charge is 0.309 e. The second kappa shape index (κ2) is 13.2. The van der Waals surface area contributed by atoms with Gasteiger partial charge in [-0.1, -0.05) is 47.1 Å². The fourth-order valence-corrected chi connectivity index (χ4v) is 12.3. The van der Waals surface area contributed by atoms with Gasteiger partial charge in [-0.3, -0.25) is 14.4 Å². The molecular formula is C41H61N3O5. The number of carbonyl (C=O) groups is 3. The van der Waals surface area contributed by atoms with Crippen molar-refractivity contribution in [1.82, 2.24) is 15.3 Å². The number of carboxylic acid groups (broad SMARTS) is 1. The molecule has 4 fully saturated rings. The second-order valence-corrected chi connectivity index (χ2v) is 18.3. The van der Waals surface area contributed by atoms with Crippen LogP contribution in [0.2, 0.25) is 0 Å². The Morgan fingerprint density at radius 3 is 2.47 bits per heavy atom. The predicted octanol–water partition coefficient (Wildman–Crippen LogP) is 7.82. The maximum Gasteiger partial charge on any atom is 0.309 e. The average Bonchev–Trinajstić information content (AvgIpc) is 3.32. The van der Waals surface area contributed by atoms with Gasteiger partial charge in [-0.25, -0.2) is 9.97 Å². The normalized spacial score (nSPS) is 38.8. The predicted molar refractivity (Wildman–Crippen MR) is 189 cm³/mol. The van der Waals surface area contributed by atoms with Gasteiger partial charge in [0.25, 0.3) is 0 Å². The maximum atomic E-state index is 14.2. The molecule has 0 aliphatic heterocycles. The van der Waals surface area contributed by atoms with E-state index in [1.165, 1.54) is 24.8 Å². The van der Waals surface area contributed by atoms with E-state index in [0.29, 0.717) is 36.0 Å². The van der Waals surface area contributed by atoms with Crippen LogP contribution < -0.4 is 5.32 Å². The van der Waals surface area contributed by atoms with Gasteiger partial charge in [0.2, 0.25) is 0 Å². The Morgan fingerprint density at radius 2 is 1.80 bits per heavy atom. The molecular weight excluding hydrogens is 614 g/mol. The number of hydrogen-bond acceptors (Lipinski definition) is 7. The monoisotopic (exact) mass is 675 g/mol. The number of Topliss-reactive ketones (excluding diaryl/α,β-unsaturated/α-hetero) is 1. The van der Waals surface area contributed by atoms with Gasteiger partial charge in [0, 0.05) is 18.7 Å². The SMILES string of the molecule is CC(C)C1=C2C(CC[C@]3(C)[C@@H]2CCC2[C@@]4(C)CC[C@H](OC(=O)CC(C)(C)C(=O)O)C(C)C4CC[C@]23C)[C@H](CCNCc2ccncn2)C1=O. The van der Waals surface area contributed by atoms with Crippen LogP contribution in [0.1, 0.15) is 125 Å². The lowest BCUT2D eigenvalue weighted by Gasteiger charge is -2.70. The molecule has 270 valence electrons. The highest BCUT2D eigenvalue weighted by Gasteiger charge is 2.67. The molecule has 8 heteroatoms. The number of carbonyl (C=O) groups excluding carboxylic acids is 2. The van der Waals surface area contributed by atoms with Crippen molar-refractivity contribution in [1.29, 1.82) is 0 Å². The number of carboxylic acids is 1. The van der Waals surface area contributed by atoms with Crippen molar-refractivity contribution in [2.75, 3.05) is 6.54 Å². The molecule has 0 aromatic carbocycles. The summed E-state index contributed by atoms with van der Waals surface area (Å²) in [6.45, 7) is 19.2. The van der Waals surface area contributed by atoms with Gasteiger partial charge < -0.3 is 15.2 Å². The van der Waals surface area contributed by atoms with Crippen molar-refractivity contribution in [3.63, 3.8) is 0 Å². The van der Waals surface area contributed by atoms with E-state index in [9.17, 15) is 19.5 Å². The fourth-order valence-electron chi connectivity index (χ4n) is 12.3. The van der Waals surface area contributed by atoms with E-state index in [2.05, 4.69) is 56.8 Å². The van der Waals surface area contributed by atoms with Crippen LogP contribution in [0.5, 0.6) is 0 Å². The zero-order chi connectivity index (χ0) is 35.5. The van der Waals surface area contributed by atoms with Crippen molar-refractivity contribution >= 4 is 17.7 Å². The standard InChI is InChI=1S/C41H61N3O5/c1-24(2)34-35-27(28(36(34)46)15-20-42-22-26-14-19-43-23-44-26)11-17-40(7)30(35)9-10-32-39(6)16-13-31(25(3)29(39)12-18-41(32,40)8)49-33(45)21-38(4,5)37(47)48/h14,19,23-25,27-32,42H,9-13,15-18,20-22H2,1-8H3,(H,47,48)/t25?,27?,28-,29?,30+,31-,32?,39-,40+,41+/m0/s1. The number of ether oxygens (including phenoxy) is 1. The minimum atomic E-state index is -1.13. The average molecular weight is 676 g/mol. The fraction of sp³-hybridized carbons (Fsp3) is 0.780. The molecule has 4 saturated carbocycles. The Labute approximate surface area is 294 Å². The first-order chi connectivity index (χ1) is 23.0. The number of rotatable bonds is 10. The van der Waals surface area contributed by atoms with Gasteiger partial charge in [0.15, 0.2) is 5.78 Å². The van der Waals surface area contributed by atoms with Crippen LogP contribution in [0.3, 0.4) is 0 Å². The molecule has 10 atom stereocenters. The molecule has 0 spiro atoms. The molecule has 8 nitrogen and oxygen atoms in total. The lowest BCUT2D eigenvalue weighted by Crippen LogP contribution is -2.63. The molecule has 4 unspecified atom stereocenters. The van der Waals surface area contributed by atoms with Crippen molar-refractivity contribution in [3.8, 4) is 0 Å². The summed E-state index contributed by atoms with van der Waals surface area (Å²) in [5, 5.41) is 13.1. The Bertz CT molecular complexity index is 1470. The van der Waals surface area contributed by atoms with E-state index in [0.717, 1.165) is 56.3 Å². The van der Waals surface area contributed by atoms with Crippen molar-refractivity contribution in [2.24, 2.45) is 63.1 Å². The topological polar surface area (TPSA) is 118 Å². The molecule has 5 aliphatic rings. The van der Waals surface area contributed by atoms with Gasteiger partial charge in [0.05, 0.1) is 17.5 Å². The lowest BCUT2D eigenvalue weighted by molar-refractivity contribution is -0.213. The zero-order valence-electron chi connectivity index (χ0n) is 31.3. The molecule has 0 amide bonds. The Morgan fingerprint density at radius 1 is 1.06 bits per heavy atom. The highest BCUT2D eigenvalue weighted by Crippen LogP contribution is 2.74. The molecule has 49 heavy (non-hydrogen) atoms. The molecule has 1 heterocycles. The van der Waals surface area contributed by atoms with Crippen LogP contribution in [0.15, 0.2) is 29.7 Å². The summed E-state index contributed by atoms with van der Waals surface area (Å²) in [4.78, 5) is 47.2. The minimum Gasteiger partial charge on any atom is -0.481 e. The molecule has 0 saturated heterocycles. The minimum absolute atomic E-state index is 0.0774. The van der Waals surface area contributed by atoms with Crippen LogP contribution >= 0.6 is 0 Å². The summed E-state index contributed by atoms with van der Waals surface area (Å²) in [5.74, 6) is 1.50. The van der Waals surface area contributed by atoms with Gasteiger partial charge in [0.1, 0.15) is 12.4 Å². The van der Waals surface area contributed by atoms with E-state index < -0.39 is 17.4 Å².